The minimum atomic E-state index is -0.813. The number of hydrogen-bond acceptors (Lipinski definition) is 3. The van der Waals surface area contributed by atoms with Gasteiger partial charge in [0.05, 0.1) is 5.92 Å². The summed E-state index contributed by atoms with van der Waals surface area (Å²) in [6.45, 7) is 1.56. The predicted octanol–water partition coefficient (Wildman–Crippen LogP) is 1.47. The Balaban J connectivity index is 1.85. The van der Waals surface area contributed by atoms with E-state index < -0.39 is 11.9 Å². The number of carboxylic acid groups (broad SMARTS) is 1. The van der Waals surface area contributed by atoms with Gasteiger partial charge in [-0.25, -0.2) is 4.79 Å². The fraction of sp³-hybridized carbons (Fsp3) is 0.533. The van der Waals surface area contributed by atoms with Crippen molar-refractivity contribution >= 4 is 12.0 Å². The molecule has 1 saturated heterocycles. The monoisotopic (exact) mass is 291 g/mol. The van der Waals surface area contributed by atoms with E-state index in [9.17, 15) is 9.59 Å². The van der Waals surface area contributed by atoms with Gasteiger partial charge in [0.2, 0.25) is 0 Å². The summed E-state index contributed by atoms with van der Waals surface area (Å²) >= 11 is 0. The highest BCUT2D eigenvalue weighted by Crippen LogP contribution is 2.17. The summed E-state index contributed by atoms with van der Waals surface area (Å²) in [5.41, 5.74) is 1.13. The van der Waals surface area contributed by atoms with E-state index in [0.29, 0.717) is 26.1 Å². The number of carbonyl (C=O) groups excluding carboxylic acids is 1. The van der Waals surface area contributed by atoms with Crippen LogP contribution in [0.4, 0.5) is 4.79 Å². The van der Waals surface area contributed by atoms with Crippen molar-refractivity contribution in [3.05, 3.63) is 30.1 Å². The molecule has 1 N–H and O–H groups in total. The molecule has 1 atom stereocenters. The zero-order chi connectivity index (χ0) is 15.2. The normalized spacial score (nSPS) is 18.3. The van der Waals surface area contributed by atoms with Gasteiger partial charge in [-0.05, 0) is 37.0 Å². The van der Waals surface area contributed by atoms with E-state index in [1.54, 1.807) is 29.2 Å². The highest BCUT2D eigenvalue weighted by Gasteiger charge is 2.29. The van der Waals surface area contributed by atoms with Crippen LogP contribution >= 0.6 is 0 Å². The first kappa shape index (κ1) is 15.3. The fourth-order valence-corrected chi connectivity index (χ4v) is 2.54. The molecule has 1 aromatic rings. The van der Waals surface area contributed by atoms with E-state index in [0.717, 1.165) is 18.4 Å². The van der Waals surface area contributed by atoms with Gasteiger partial charge < -0.3 is 14.9 Å². The van der Waals surface area contributed by atoms with E-state index in [1.807, 2.05) is 12.1 Å². The molecule has 2 rings (SSSR count). The van der Waals surface area contributed by atoms with E-state index in [1.165, 1.54) is 0 Å². The van der Waals surface area contributed by atoms with Crippen molar-refractivity contribution in [1.29, 1.82) is 0 Å². The molecule has 0 bridgehead atoms. The molecule has 21 heavy (non-hydrogen) atoms. The SMILES string of the molecule is CN(CCc1ccncc1)C(=O)N1CCC[C@H](C(=O)O)C1. The second-order valence-electron chi connectivity index (χ2n) is 5.43. The van der Waals surface area contributed by atoms with Gasteiger partial charge >= 0.3 is 12.0 Å². The Morgan fingerprint density at radius 1 is 1.43 bits per heavy atom. The van der Waals surface area contributed by atoms with E-state index in [-0.39, 0.29) is 6.03 Å². The molecule has 2 amide bonds. The van der Waals surface area contributed by atoms with Crippen molar-refractivity contribution in [2.75, 3.05) is 26.7 Å². The summed E-state index contributed by atoms with van der Waals surface area (Å²) in [6, 6.07) is 3.77. The fourth-order valence-electron chi connectivity index (χ4n) is 2.54. The summed E-state index contributed by atoms with van der Waals surface area (Å²) < 4.78 is 0. The van der Waals surface area contributed by atoms with Gasteiger partial charge in [0.25, 0.3) is 0 Å². The molecule has 2 heterocycles. The number of carbonyl (C=O) groups is 2. The number of likely N-dealkylation sites (N-methyl/N-ethyl adjacent to an activating group) is 1. The van der Waals surface area contributed by atoms with Crippen LogP contribution in [0.1, 0.15) is 18.4 Å². The van der Waals surface area contributed by atoms with Crippen LogP contribution < -0.4 is 0 Å². The molecule has 0 unspecified atom stereocenters. The Hall–Kier alpha value is -2.11. The van der Waals surface area contributed by atoms with Crippen molar-refractivity contribution in [3.63, 3.8) is 0 Å². The quantitative estimate of drug-likeness (QED) is 0.911. The molecule has 0 aromatic carbocycles. The van der Waals surface area contributed by atoms with Crippen LogP contribution in [0.15, 0.2) is 24.5 Å². The second kappa shape index (κ2) is 7.06. The summed E-state index contributed by atoms with van der Waals surface area (Å²) in [6.07, 6.45) is 5.64. The number of urea groups is 1. The van der Waals surface area contributed by atoms with Crippen LogP contribution in [0.25, 0.3) is 0 Å². The third-order valence-electron chi connectivity index (χ3n) is 3.85. The first-order valence-corrected chi connectivity index (χ1v) is 7.19. The average Bonchev–Trinajstić information content (AvgIpc) is 2.53. The van der Waals surface area contributed by atoms with Gasteiger partial charge in [-0.1, -0.05) is 0 Å². The molecule has 0 radical (unpaired) electrons. The molecule has 1 aromatic heterocycles. The lowest BCUT2D eigenvalue weighted by Gasteiger charge is -2.33. The predicted molar refractivity (Wildman–Crippen MR) is 77.9 cm³/mol. The Morgan fingerprint density at radius 3 is 2.81 bits per heavy atom. The topological polar surface area (TPSA) is 73.7 Å². The van der Waals surface area contributed by atoms with E-state index in [4.69, 9.17) is 5.11 Å². The van der Waals surface area contributed by atoms with Gasteiger partial charge in [-0.3, -0.25) is 9.78 Å². The number of aliphatic carboxylic acids is 1. The number of nitrogens with zero attached hydrogens (tertiary/aromatic N) is 3. The van der Waals surface area contributed by atoms with Crippen molar-refractivity contribution in [2.45, 2.75) is 19.3 Å². The van der Waals surface area contributed by atoms with Gasteiger partial charge in [-0.15, -0.1) is 0 Å². The first-order valence-electron chi connectivity index (χ1n) is 7.19. The molecular formula is C15H21N3O3. The number of likely N-dealkylation sites (tertiary alicyclic amines) is 1. The van der Waals surface area contributed by atoms with Crippen LogP contribution in [-0.4, -0.2) is 58.6 Å². The Labute approximate surface area is 124 Å². The summed E-state index contributed by atoms with van der Waals surface area (Å²) in [7, 11) is 1.76. The standard InChI is InChI=1S/C15H21N3O3/c1-17(10-6-12-4-7-16-8-5-12)15(21)18-9-2-3-13(11-18)14(19)20/h4-5,7-8,13H,2-3,6,9-11H2,1H3,(H,19,20)/t13-/m0/s1. The van der Waals surface area contributed by atoms with Crippen molar-refractivity contribution < 1.29 is 14.7 Å². The Morgan fingerprint density at radius 2 is 2.14 bits per heavy atom. The lowest BCUT2D eigenvalue weighted by atomic mass is 9.99. The maximum atomic E-state index is 12.3. The minimum Gasteiger partial charge on any atom is -0.481 e. The van der Waals surface area contributed by atoms with Crippen LogP contribution in [0, 0.1) is 5.92 Å². The summed E-state index contributed by atoms with van der Waals surface area (Å²) in [5.74, 6) is -1.25. The highest BCUT2D eigenvalue weighted by molar-refractivity contribution is 5.76. The van der Waals surface area contributed by atoms with Crippen LogP contribution in [0.3, 0.4) is 0 Å². The highest BCUT2D eigenvalue weighted by atomic mass is 16.4. The molecule has 0 saturated carbocycles. The number of amides is 2. The van der Waals surface area contributed by atoms with Crippen LogP contribution in [0.2, 0.25) is 0 Å². The molecule has 1 aliphatic heterocycles. The molecule has 1 fully saturated rings. The lowest BCUT2D eigenvalue weighted by Crippen LogP contribution is -2.48. The largest absolute Gasteiger partial charge is 0.481 e. The molecule has 114 valence electrons. The lowest BCUT2D eigenvalue weighted by molar-refractivity contribution is -0.143. The maximum absolute atomic E-state index is 12.3. The minimum absolute atomic E-state index is 0.0880. The maximum Gasteiger partial charge on any atom is 0.319 e. The molecule has 1 aliphatic rings. The average molecular weight is 291 g/mol. The number of hydrogen-bond donors (Lipinski definition) is 1. The van der Waals surface area contributed by atoms with Crippen LogP contribution in [0.5, 0.6) is 0 Å². The van der Waals surface area contributed by atoms with E-state index >= 15 is 0 Å². The summed E-state index contributed by atoms with van der Waals surface area (Å²) in [5, 5.41) is 9.07. The number of piperidine rings is 1. The molecule has 6 heteroatoms. The molecular weight excluding hydrogens is 270 g/mol. The number of carboxylic acids is 1. The van der Waals surface area contributed by atoms with Crippen molar-refractivity contribution in [2.24, 2.45) is 5.92 Å². The number of aromatic nitrogens is 1. The van der Waals surface area contributed by atoms with Gasteiger partial charge in [-0.2, -0.15) is 0 Å². The van der Waals surface area contributed by atoms with Crippen molar-refractivity contribution in [3.8, 4) is 0 Å². The first-order chi connectivity index (χ1) is 10.1. The van der Waals surface area contributed by atoms with E-state index in [2.05, 4.69) is 4.98 Å². The van der Waals surface area contributed by atoms with Gasteiger partial charge in [0.15, 0.2) is 0 Å². The van der Waals surface area contributed by atoms with Crippen LogP contribution in [-0.2, 0) is 11.2 Å². The zero-order valence-electron chi connectivity index (χ0n) is 12.2. The number of pyridine rings is 1. The molecule has 6 nitrogen and oxygen atoms in total. The third kappa shape index (κ3) is 4.18. The smallest absolute Gasteiger partial charge is 0.319 e. The number of rotatable bonds is 4. The second-order valence-corrected chi connectivity index (χ2v) is 5.43. The third-order valence-corrected chi connectivity index (χ3v) is 3.85. The molecule has 0 aliphatic carbocycles. The Bertz CT molecular complexity index is 492. The van der Waals surface area contributed by atoms with Crippen molar-refractivity contribution in [1.82, 2.24) is 14.8 Å². The zero-order valence-corrected chi connectivity index (χ0v) is 12.2. The Kier molecular flexibility index (Phi) is 5.14. The van der Waals surface area contributed by atoms with Gasteiger partial charge in [0, 0.05) is 39.1 Å². The molecule has 0 spiro atoms. The van der Waals surface area contributed by atoms with Gasteiger partial charge in [0.1, 0.15) is 0 Å². The summed E-state index contributed by atoms with van der Waals surface area (Å²) in [4.78, 5) is 30.6.